The summed E-state index contributed by atoms with van der Waals surface area (Å²) in [5.74, 6) is -6.82. The van der Waals surface area contributed by atoms with Gasteiger partial charge in [-0.3, -0.25) is 4.79 Å². The zero-order valence-electron chi connectivity index (χ0n) is 9.02. The number of carboxylic acids is 4. The zero-order chi connectivity index (χ0) is 14.2. The summed E-state index contributed by atoms with van der Waals surface area (Å²) in [6.07, 6.45) is -2.72. The number of rotatable bonds is 5. The molecule has 2 N–H and O–H groups in total. The molecule has 0 saturated carbocycles. The minimum Gasteiger partial charge on any atom is -0.550 e. The Labute approximate surface area is 112 Å². The Balaban J connectivity index is -0.000000392. The normalized spacial score (nSPS) is 9.22. The molecule has 103 valence electrons. The van der Waals surface area contributed by atoms with E-state index in [4.69, 9.17) is 15.0 Å². The van der Waals surface area contributed by atoms with Gasteiger partial charge in [0.05, 0.1) is 5.97 Å². The molecule has 0 spiro atoms. The van der Waals surface area contributed by atoms with E-state index in [0.29, 0.717) is 0 Å². The summed E-state index contributed by atoms with van der Waals surface area (Å²) in [6, 6.07) is 0. The number of hydrogen-bond acceptors (Lipinski definition) is 8. The Morgan fingerprint density at radius 3 is 1.33 bits per heavy atom. The van der Waals surface area contributed by atoms with Gasteiger partial charge >= 0.3 is 17.1 Å². The van der Waals surface area contributed by atoms with Gasteiger partial charge < -0.3 is 39.9 Å². The second kappa shape index (κ2) is 9.40. The van der Waals surface area contributed by atoms with Crippen LogP contribution in [-0.2, 0) is 36.2 Å². The standard InChI is InChI=1S/C6H8O7.C2H4O2.Fe/c7-3(8)1-6(13,5(11)12)2-4(9)10;1-2(3)4;/h13H,1-2H2,(H,7,8)(H,9,10)(H,11,12);1H3,(H,3,4);/q;;+3/p-3. The molecule has 0 heterocycles. The van der Waals surface area contributed by atoms with Crippen LogP contribution in [0.3, 0.4) is 0 Å². The van der Waals surface area contributed by atoms with Crippen molar-refractivity contribution in [2.24, 2.45) is 0 Å². The Morgan fingerprint density at radius 2 is 1.22 bits per heavy atom. The van der Waals surface area contributed by atoms with Crippen LogP contribution in [0.2, 0.25) is 0 Å². The number of carbonyl (C=O) groups is 4. The number of carbonyl (C=O) groups excluding carboxylic acids is 3. The third-order valence-corrected chi connectivity index (χ3v) is 1.25. The molecule has 0 aliphatic rings. The maximum atomic E-state index is 10.1. The van der Waals surface area contributed by atoms with Crippen molar-refractivity contribution in [3.63, 3.8) is 0 Å². The number of aliphatic hydroxyl groups is 1. The molecule has 0 atom stereocenters. The Hall–Kier alpha value is -1.64. The van der Waals surface area contributed by atoms with Gasteiger partial charge in [-0.2, -0.15) is 0 Å². The van der Waals surface area contributed by atoms with Gasteiger partial charge in [0.25, 0.3) is 5.97 Å². The van der Waals surface area contributed by atoms with Crippen LogP contribution in [0.4, 0.5) is 0 Å². The van der Waals surface area contributed by atoms with Crippen LogP contribution in [0.25, 0.3) is 0 Å². The van der Waals surface area contributed by atoms with Gasteiger partial charge in [-0.05, 0) is 0 Å². The van der Waals surface area contributed by atoms with Crippen molar-refractivity contribution in [3.05, 3.63) is 0 Å². The third-order valence-electron chi connectivity index (χ3n) is 1.25. The van der Waals surface area contributed by atoms with Gasteiger partial charge in [0.15, 0.2) is 0 Å². The molecule has 0 amide bonds. The molecule has 0 fully saturated rings. The molecule has 0 rings (SSSR count). The Bertz CT molecular complexity index is 305. The van der Waals surface area contributed by atoms with Crippen molar-refractivity contribution in [3.8, 4) is 0 Å². The topological polar surface area (TPSA) is 178 Å². The van der Waals surface area contributed by atoms with Gasteiger partial charge in [-0.15, -0.1) is 0 Å². The van der Waals surface area contributed by atoms with Crippen LogP contribution in [0.5, 0.6) is 0 Å². The molecular weight excluding hydrogens is 296 g/mol. The van der Waals surface area contributed by atoms with Crippen LogP contribution in [0.1, 0.15) is 19.8 Å². The summed E-state index contributed by atoms with van der Waals surface area (Å²) in [5.41, 5.74) is -2.97. The summed E-state index contributed by atoms with van der Waals surface area (Å²) in [4.78, 5) is 39.0. The van der Waals surface area contributed by atoms with Crippen molar-refractivity contribution in [1.82, 2.24) is 0 Å². The smallest absolute Gasteiger partial charge is 0.550 e. The molecule has 1 radical (unpaired) electrons. The Morgan fingerprint density at radius 1 is 1.00 bits per heavy atom. The van der Waals surface area contributed by atoms with E-state index >= 15 is 0 Å². The molecule has 0 saturated heterocycles. The molecule has 0 aromatic rings. The fourth-order valence-corrected chi connectivity index (χ4v) is 0.684. The van der Waals surface area contributed by atoms with Crippen LogP contribution in [-0.4, -0.2) is 39.7 Å². The van der Waals surface area contributed by atoms with Crippen molar-refractivity contribution in [2.75, 3.05) is 0 Å². The van der Waals surface area contributed by atoms with Gasteiger partial charge in [0.2, 0.25) is 0 Å². The van der Waals surface area contributed by atoms with Gasteiger partial charge in [0.1, 0.15) is 5.60 Å². The first-order valence-electron chi connectivity index (χ1n) is 4.04. The molecule has 10 heteroatoms. The minimum absolute atomic E-state index is 0. The van der Waals surface area contributed by atoms with E-state index in [9.17, 15) is 29.7 Å². The summed E-state index contributed by atoms with van der Waals surface area (Å²) < 4.78 is 0. The largest absolute Gasteiger partial charge is 3.00 e. The first kappa shape index (κ1) is 21.6. The fourth-order valence-electron chi connectivity index (χ4n) is 0.684. The molecule has 0 bridgehead atoms. The maximum absolute atomic E-state index is 10.1. The molecular formula is C8H9FeO9. The van der Waals surface area contributed by atoms with Crippen molar-refractivity contribution in [1.29, 1.82) is 0 Å². The second-order valence-corrected chi connectivity index (χ2v) is 2.94. The molecule has 18 heavy (non-hydrogen) atoms. The summed E-state index contributed by atoms with van der Waals surface area (Å²) in [6.45, 7) is 1.08. The van der Waals surface area contributed by atoms with Crippen LogP contribution in [0, 0.1) is 0 Å². The van der Waals surface area contributed by atoms with Gasteiger partial charge in [-0.25, -0.2) is 0 Å². The van der Waals surface area contributed by atoms with Crippen molar-refractivity contribution in [2.45, 2.75) is 25.4 Å². The van der Waals surface area contributed by atoms with E-state index < -0.39 is 42.3 Å². The van der Waals surface area contributed by atoms with E-state index in [1.165, 1.54) is 0 Å². The first-order chi connectivity index (χ1) is 7.51. The van der Waals surface area contributed by atoms with Gasteiger partial charge in [-0.1, -0.05) is 0 Å². The fraction of sp³-hybridized carbons (Fsp3) is 0.500. The van der Waals surface area contributed by atoms with Crippen LogP contribution >= 0.6 is 0 Å². The SMILES string of the molecule is CC(=O)O.O=C([O-])CC(O)(CC(=O)[O-])C(=O)[O-].[Fe+3]. The van der Waals surface area contributed by atoms with E-state index in [-0.39, 0.29) is 17.1 Å². The van der Waals surface area contributed by atoms with E-state index in [0.717, 1.165) is 6.92 Å². The third kappa shape index (κ3) is 12.4. The summed E-state index contributed by atoms with van der Waals surface area (Å²) in [5, 5.41) is 46.3. The van der Waals surface area contributed by atoms with E-state index in [1.54, 1.807) is 0 Å². The molecule has 9 nitrogen and oxygen atoms in total. The molecule has 0 unspecified atom stereocenters. The monoisotopic (exact) mass is 305 g/mol. The van der Waals surface area contributed by atoms with Crippen molar-refractivity contribution >= 4 is 23.9 Å². The molecule has 0 aromatic carbocycles. The van der Waals surface area contributed by atoms with E-state index in [2.05, 4.69) is 0 Å². The Kier molecular flexibility index (Phi) is 11.3. The van der Waals surface area contributed by atoms with Crippen molar-refractivity contribution < 1.29 is 61.8 Å². The molecule has 0 aliphatic carbocycles. The molecule has 0 aromatic heterocycles. The zero-order valence-corrected chi connectivity index (χ0v) is 10.1. The maximum Gasteiger partial charge on any atom is 3.00 e. The average molecular weight is 305 g/mol. The summed E-state index contributed by atoms with van der Waals surface area (Å²) in [7, 11) is 0. The number of hydrogen-bond donors (Lipinski definition) is 2. The quantitative estimate of drug-likeness (QED) is 0.469. The van der Waals surface area contributed by atoms with Crippen LogP contribution < -0.4 is 15.3 Å². The predicted molar refractivity (Wildman–Crippen MR) is 42.5 cm³/mol. The number of aliphatic carboxylic acids is 4. The first-order valence-corrected chi connectivity index (χ1v) is 4.04. The minimum atomic E-state index is -2.97. The van der Waals surface area contributed by atoms with E-state index in [1.807, 2.05) is 0 Å². The average Bonchev–Trinajstić information content (AvgIpc) is 1.98. The predicted octanol–water partition coefficient (Wildman–Crippen LogP) is -5.16. The second-order valence-electron chi connectivity index (χ2n) is 2.94. The number of carboxylic acid groups (broad SMARTS) is 4. The van der Waals surface area contributed by atoms with Gasteiger partial charge in [0, 0.05) is 31.7 Å². The summed E-state index contributed by atoms with van der Waals surface area (Å²) >= 11 is 0. The molecule has 0 aliphatic heterocycles. The van der Waals surface area contributed by atoms with Crippen LogP contribution in [0.15, 0.2) is 0 Å².